The Morgan fingerprint density at radius 3 is 2.58 bits per heavy atom. The lowest BCUT2D eigenvalue weighted by Crippen LogP contribution is -2.23. The molecule has 0 aliphatic carbocycles. The molecule has 2 nitrogen and oxygen atoms in total. The Hall–Kier alpha value is -1.19. The van der Waals surface area contributed by atoms with E-state index in [4.69, 9.17) is 0 Å². The van der Waals surface area contributed by atoms with E-state index >= 15 is 0 Å². The van der Waals surface area contributed by atoms with E-state index in [1.165, 1.54) is 11.1 Å². The van der Waals surface area contributed by atoms with E-state index in [0.29, 0.717) is 5.92 Å². The van der Waals surface area contributed by atoms with Crippen LogP contribution in [0.3, 0.4) is 0 Å². The third kappa shape index (κ3) is 3.43. The fourth-order valence-corrected chi connectivity index (χ4v) is 3.09. The van der Waals surface area contributed by atoms with E-state index < -0.39 is 0 Å². The maximum atomic E-state index is 4.47. The average molecular weight is 319 g/mol. The minimum absolute atomic E-state index is 0.256. The van der Waals surface area contributed by atoms with Crippen LogP contribution >= 0.6 is 15.9 Å². The molecule has 2 rings (SSSR count). The number of rotatable bonds is 4. The molecule has 1 N–H and O–H groups in total. The van der Waals surface area contributed by atoms with Gasteiger partial charge in [0.25, 0.3) is 0 Å². The van der Waals surface area contributed by atoms with Crippen LogP contribution in [0.5, 0.6) is 0 Å². The fraction of sp³-hybridized carbons (Fsp3) is 0.312. The highest BCUT2D eigenvalue weighted by atomic mass is 79.9. The molecule has 2 unspecified atom stereocenters. The Kier molecular flexibility index (Phi) is 4.72. The SMILES string of the molecule is CNC(c1cc(C)cc(Br)c1)C(C)c1ccccn1. The van der Waals surface area contributed by atoms with Gasteiger partial charge in [-0.25, -0.2) is 0 Å². The third-order valence-corrected chi connectivity index (χ3v) is 3.85. The molecule has 0 bridgehead atoms. The lowest BCUT2D eigenvalue weighted by molar-refractivity contribution is 0.499. The summed E-state index contributed by atoms with van der Waals surface area (Å²) < 4.78 is 1.12. The molecule has 1 heterocycles. The van der Waals surface area contributed by atoms with Gasteiger partial charge in [-0.2, -0.15) is 0 Å². The molecule has 0 radical (unpaired) electrons. The molecule has 1 aromatic carbocycles. The van der Waals surface area contributed by atoms with Gasteiger partial charge in [0.05, 0.1) is 0 Å². The molecule has 2 atom stereocenters. The van der Waals surface area contributed by atoms with Crippen molar-refractivity contribution in [1.82, 2.24) is 10.3 Å². The topological polar surface area (TPSA) is 24.9 Å². The number of aryl methyl sites for hydroxylation is 1. The number of aromatic nitrogens is 1. The lowest BCUT2D eigenvalue weighted by atomic mass is 9.91. The fourth-order valence-electron chi connectivity index (χ4n) is 2.47. The molecule has 0 aliphatic heterocycles. The second-order valence-electron chi connectivity index (χ2n) is 4.87. The van der Waals surface area contributed by atoms with Crippen LogP contribution < -0.4 is 5.32 Å². The summed E-state index contributed by atoms with van der Waals surface area (Å²) in [5.74, 6) is 0.319. The van der Waals surface area contributed by atoms with E-state index in [1.54, 1.807) is 0 Å². The molecule has 100 valence electrons. The highest BCUT2D eigenvalue weighted by Crippen LogP contribution is 2.31. The monoisotopic (exact) mass is 318 g/mol. The van der Waals surface area contributed by atoms with Gasteiger partial charge in [0.1, 0.15) is 0 Å². The van der Waals surface area contributed by atoms with Crippen LogP contribution in [-0.4, -0.2) is 12.0 Å². The van der Waals surface area contributed by atoms with Crippen molar-refractivity contribution in [1.29, 1.82) is 0 Å². The van der Waals surface area contributed by atoms with Crippen molar-refractivity contribution in [3.63, 3.8) is 0 Å². The van der Waals surface area contributed by atoms with Crippen LogP contribution in [-0.2, 0) is 0 Å². The van der Waals surface area contributed by atoms with Gasteiger partial charge in [0.15, 0.2) is 0 Å². The standard InChI is InChI=1S/C16H19BrN2/c1-11-8-13(10-14(17)9-11)16(18-3)12(2)15-6-4-5-7-19-15/h4-10,12,16,18H,1-3H3. The summed E-state index contributed by atoms with van der Waals surface area (Å²) in [4.78, 5) is 4.47. The van der Waals surface area contributed by atoms with E-state index in [2.05, 4.69) is 64.3 Å². The quantitative estimate of drug-likeness (QED) is 0.913. The molecule has 0 amide bonds. The average Bonchev–Trinajstić information content (AvgIpc) is 2.39. The molecule has 0 saturated carbocycles. The Morgan fingerprint density at radius 1 is 1.21 bits per heavy atom. The number of halogens is 1. The molecule has 2 aromatic rings. The Balaban J connectivity index is 2.34. The predicted molar refractivity (Wildman–Crippen MR) is 83.3 cm³/mol. The van der Waals surface area contributed by atoms with Crippen molar-refractivity contribution in [2.24, 2.45) is 0 Å². The van der Waals surface area contributed by atoms with Crippen molar-refractivity contribution in [2.45, 2.75) is 25.8 Å². The van der Waals surface area contributed by atoms with Crippen LogP contribution in [0.15, 0.2) is 47.1 Å². The Morgan fingerprint density at radius 2 is 2.00 bits per heavy atom. The number of hydrogen-bond acceptors (Lipinski definition) is 2. The number of likely N-dealkylation sites (N-methyl/N-ethyl adjacent to an activating group) is 1. The number of pyridine rings is 1. The zero-order valence-corrected chi connectivity index (χ0v) is 13.1. The smallest absolute Gasteiger partial charge is 0.0450 e. The van der Waals surface area contributed by atoms with Crippen LogP contribution in [0.2, 0.25) is 0 Å². The largest absolute Gasteiger partial charge is 0.312 e. The van der Waals surface area contributed by atoms with Crippen molar-refractivity contribution in [3.05, 3.63) is 63.9 Å². The van der Waals surface area contributed by atoms with Crippen LogP contribution in [0.4, 0.5) is 0 Å². The first kappa shape index (κ1) is 14.2. The summed E-state index contributed by atoms with van der Waals surface area (Å²) in [5, 5.41) is 3.41. The summed E-state index contributed by atoms with van der Waals surface area (Å²) in [5.41, 5.74) is 3.66. The summed E-state index contributed by atoms with van der Waals surface area (Å²) >= 11 is 3.57. The molecule has 0 fully saturated rings. The normalized spacial score (nSPS) is 14.1. The predicted octanol–water partition coefficient (Wildman–Crippen LogP) is 4.22. The summed E-state index contributed by atoms with van der Waals surface area (Å²) in [6.45, 7) is 4.33. The summed E-state index contributed by atoms with van der Waals surface area (Å²) in [6.07, 6.45) is 1.85. The third-order valence-electron chi connectivity index (χ3n) is 3.39. The summed E-state index contributed by atoms with van der Waals surface area (Å²) in [7, 11) is 2.00. The second-order valence-corrected chi connectivity index (χ2v) is 5.79. The summed E-state index contributed by atoms with van der Waals surface area (Å²) in [6, 6.07) is 12.9. The minimum atomic E-state index is 0.256. The molecule has 0 spiro atoms. The Labute approximate surface area is 123 Å². The van der Waals surface area contributed by atoms with E-state index in [-0.39, 0.29) is 6.04 Å². The van der Waals surface area contributed by atoms with Crippen molar-refractivity contribution < 1.29 is 0 Å². The molecular weight excluding hydrogens is 300 g/mol. The molecule has 1 aromatic heterocycles. The highest BCUT2D eigenvalue weighted by Gasteiger charge is 2.20. The number of nitrogens with one attached hydrogen (secondary N) is 1. The minimum Gasteiger partial charge on any atom is -0.312 e. The molecule has 0 saturated heterocycles. The van der Waals surface area contributed by atoms with Crippen molar-refractivity contribution in [3.8, 4) is 0 Å². The zero-order chi connectivity index (χ0) is 13.8. The maximum Gasteiger partial charge on any atom is 0.0450 e. The van der Waals surface area contributed by atoms with Crippen molar-refractivity contribution in [2.75, 3.05) is 7.05 Å². The maximum absolute atomic E-state index is 4.47. The van der Waals surface area contributed by atoms with Gasteiger partial charge in [0, 0.05) is 28.3 Å². The molecule has 19 heavy (non-hydrogen) atoms. The molecular formula is C16H19BrN2. The zero-order valence-electron chi connectivity index (χ0n) is 11.5. The highest BCUT2D eigenvalue weighted by molar-refractivity contribution is 9.10. The second kappa shape index (κ2) is 6.31. The van der Waals surface area contributed by atoms with Gasteiger partial charge in [0.2, 0.25) is 0 Å². The van der Waals surface area contributed by atoms with Gasteiger partial charge in [-0.1, -0.05) is 35.0 Å². The lowest BCUT2D eigenvalue weighted by Gasteiger charge is -2.24. The number of benzene rings is 1. The van der Waals surface area contributed by atoms with Gasteiger partial charge in [-0.15, -0.1) is 0 Å². The molecule has 0 aliphatic rings. The van der Waals surface area contributed by atoms with E-state index in [9.17, 15) is 0 Å². The van der Waals surface area contributed by atoms with Gasteiger partial charge in [-0.05, 0) is 49.4 Å². The Bertz CT molecular complexity index is 519. The number of hydrogen-bond donors (Lipinski definition) is 1. The van der Waals surface area contributed by atoms with Gasteiger partial charge in [-0.3, -0.25) is 4.98 Å². The van der Waals surface area contributed by atoms with E-state index in [0.717, 1.165) is 10.2 Å². The van der Waals surface area contributed by atoms with Crippen LogP contribution in [0.25, 0.3) is 0 Å². The molecule has 3 heteroatoms. The van der Waals surface area contributed by atoms with Gasteiger partial charge < -0.3 is 5.32 Å². The van der Waals surface area contributed by atoms with Crippen LogP contribution in [0.1, 0.15) is 35.7 Å². The van der Waals surface area contributed by atoms with E-state index in [1.807, 2.05) is 25.4 Å². The first-order valence-electron chi connectivity index (χ1n) is 6.47. The first-order valence-corrected chi connectivity index (χ1v) is 7.26. The first-order chi connectivity index (χ1) is 9.11. The van der Waals surface area contributed by atoms with Gasteiger partial charge >= 0.3 is 0 Å². The van der Waals surface area contributed by atoms with Crippen LogP contribution in [0, 0.1) is 6.92 Å². The van der Waals surface area contributed by atoms with Crippen molar-refractivity contribution >= 4 is 15.9 Å². The number of nitrogens with zero attached hydrogens (tertiary/aromatic N) is 1.